The fourth-order valence-corrected chi connectivity index (χ4v) is 2.70. The molecule has 0 aliphatic rings. The number of hydrogen-bond donors (Lipinski definition) is 0. The van der Waals surface area contributed by atoms with E-state index < -0.39 is 0 Å². The van der Waals surface area contributed by atoms with Crippen molar-refractivity contribution in [2.24, 2.45) is 0 Å². The number of nitrogens with zero attached hydrogens (tertiary/aromatic N) is 3. The number of methoxy groups -OCH3 is 2. The Bertz CT molecular complexity index is 858. The predicted octanol–water partition coefficient (Wildman–Crippen LogP) is 3.85. The molecule has 1 atom stereocenters. The molecule has 0 saturated heterocycles. The van der Waals surface area contributed by atoms with Gasteiger partial charge in [0.1, 0.15) is 17.7 Å². The molecular formula is C19H23N3O4. The summed E-state index contributed by atoms with van der Waals surface area (Å²) < 4.78 is 21.4. The van der Waals surface area contributed by atoms with Gasteiger partial charge >= 0.3 is 0 Å². The molecule has 3 rings (SSSR count). The Labute approximate surface area is 152 Å². The predicted molar refractivity (Wildman–Crippen MR) is 96.2 cm³/mol. The molecule has 0 radical (unpaired) electrons. The van der Waals surface area contributed by atoms with E-state index in [1.54, 1.807) is 20.5 Å². The largest absolute Gasteiger partial charge is 0.493 e. The number of ether oxygens (including phenoxy) is 2. The molecule has 0 spiro atoms. The third-order valence-corrected chi connectivity index (χ3v) is 4.47. The lowest BCUT2D eigenvalue weighted by atomic mass is 10.2. The number of benzene rings is 1. The van der Waals surface area contributed by atoms with Crippen LogP contribution >= 0.6 is 0 Å². The highest BCUT2D eigenvalue weighted by Gasteiger charge is 2.19. The number of aryl methyl sites for hydroxylation is 1. The van der Waals surface area contributed by atoms with Gasteiger partial charge in [-0.25, -0.2) is 4.98 Å². The normalized spacial score (nSPS) is 12.4. The first kappa shape index (κ1) is 18.0. The van der Waals surface area contributed by atoms with Crippen LogP contribution in [-0.2, 0) is 6.54 Å². The topological polar surface area (TPSA) is 73.8 Å². The Morgan fingerprint density at radius 1 is 1.15 bits per heavy atom. The van der Waals surface area contributed by atoms with E-state index in [9.17, 15) is 0 Å². The van der Waals surface area contributed by atoms with Crippen LogP contribution in [0, 0.1) is 6.92 Å². The van der Waals surface area contributed by atoms with Gasteiger partial charge in [0.2, 0.25) is 5.89 Å². The van der Waals surface area contributed by atoms with Crippen LogP contribution in [0.4, 0.5) is 0 Å². The molecule has 7 heteroatoms. The molecule has 0 aliphatic heterocycles. The van der Waals surface area contributed by atoms with E-state index in [2.05, 4.69) is 22.0 Å². The van der Waals surface area contributed by atoms with Crippen molar-refractivity contribution in [3.8, 4) is 23.0 Å². The second-order valence-electron chi connectivity index (χ2n) is 6.11. The summed E-state index contributed by atoms with van der Waals surface area (Å²) in [6.45, 7) is 4.63. The van der Waals surface area contributed by atoms with Gasteiger partial charge in [-0.2, -0.15) is 0 Å². The van der Waals surface area contributed by atoms with Gasteiger partial charge in [0.15, 0.2) is 11.5 Å². The van der Waals surface area contributed by atoms with Gasteiger partial charge in [0.05, 0.1) is 26.0 Å². The summed E-state index contributed by atoms with van der Waals surface area (Å²) in [5, 5.41) is 4.00. The lowest BCUT2D eigenvalue weighted by Gasteiger charge is -2.21. The third kappa shape index (κ3) is 3.57. The van der Waals surface area contributed by atoms with Crippen molar-refractivity contribution >= 4 is 0 Å². The molecule has 1 aromatic carbocycles. The number of aromatic nitrogens is 2. The van der Waals surface area contributed by atoms with Crippen LogP contribution in [0.2, 0.25) is 0 Å². The van der Waals surface area contributed by atoms with Gasteiger partial charge in [0.25, 0.3) is 0 Å². The Morgan fingerprint density at radius 3 is 2.58 bits per heavy atom. The van der Waals surface area contributed by atoms with Gasteiger partial charge in [-0.15, -0.1) is 0 Å². The molecule has 0 N–H and O–H groups in total. The molecule has 0 aliphatic carbocycles. The second kappa shape index (κ2) is 7.61. The van der Waals surface area contributed by atoms with Gasteiger partial charge in [-0.1, -0.05) is 5.16 Å². The highest BCUT2D eigenvalue weighted by atomic mass is 16.5. The number of hydrogen-bond acceptors (Lipinski definition) is 7. The lowest BCUT2D eigenvalue weighted by Crippen LogP contribution is -2.22. The van der Waals surface area contributed by atoms with Crippen molar-refractivity contribution in [3.63, 3.8) is 0 Å². The van der Waals surface area contributed by atoms with Crippen molar-refractivity contribution in [3.05, 3.63) is 47.7 Å². The first-order chi connectivity index (χ1) is 12.5. The maximum Gasteiger partial charge on any atom is 0.226 e. The van der Waals surface area contributed by atoms with Crippen LogP contribution in [0.5, 0.6) is 11.5 Å². The Morgan fingerprint density at radius 2 is 1.92 bits per heavy atom. The average molecular weight is 357 g/mol. The monoisotopic (exact) mass is 357 g/mol. The minimum Gasteiger partial charge on any atom is -0.493 e. The van der Waals surface area contributed by atoms with Crippen LogP contribution in [0.15, 0.2) is 39.5 Å². The van der Waals surface area contributed by atoms with Crippen LogP contribution < -0.4 is 9.47 Å². The minimum atomic E-state index is 0.106. The quantitative estimate of drug-likeness (QED) is 0.636. The zero-order chi connectivity index (χ0) is 18.7. The maximum absolute atomic E-state index is 5.88. The van der Waals surface area contributed by atoms with Crippen molar-refractivity contribution in [1.29, 1.82) is 0 Å². The van der Waals surface area contributed by atoms with E-state index >= 15 is 0 Å². The summed E-state index contributed by atoms with van der Waals surface area (Å²) in [6, 6.07) is 7.57. The SMILES string of the molecule is COc1ccc(-c2nc(CN(C)C(C)c3ccon3)c(C)o2)cc1OC. The van der Waals surface area contributed by atoms with E-state index in [1.807, 2.05) is 38.2 Å². The Hall–Kier alpha value is -2.80. The van der Waals surface area contributed by atoms with Crippen LogP contribution in [0.25, 0.3) is 11.5 Å². The fraction of sp³-hybridized carbons (Fsp3) is 0.368. The van der Waals surface area contributed by atoms with Crippen molar-refractivity contribution in [1.82, 2.24) is 15.0 Å². The first-order valence-electron chi connectivity index (χ1n) is 8.32. The highest BCUT2D eigenvalue weighted by molar-refractivity contribution is 5.60. The van der Waals surface area contributed by atoms with E-state index in [4.69, 9.17) is 18.4 Å². The Kier molecular flexibility index (Phi) is 5.27. The van der Waals surface area contributed by atoms with E-state index in [0.717, 1.165) is 22.7 Å². The maximum atomic E-state index is 5.88. The molecule has 26 heavy (non-hydrogen) atoms. The highest BCUT2D eigenvalue weighted by Crippen LogP contribution is 2.33. The third-order valence-electron chi connectivity index (χ3n) is 4.47. The van der Waals surface area contributed by atoms with E-state index in [0.29, 0.717) is 23.9 Å². The van der Waals surface area contributed by atoms with Crippen LogP contribution in [0.1, 0.15) is 30.1 Å². The molecule has 1 unspecified atom stereocenters. The molecule has 0 amide bonds. The number of oxazole rings is 1. The van der Waals surface area contributed by atoms with Gasteiger partial charge < -0.3 is 18.4 Å². The zero-order valence-electron chi connectivity index (χ0n) is 15.6. The molecule has 0 fully saturated rings. The van der Waals surface area contributed by atoms with E-state index in [-0.39, 0.29) is 6.04 Å². The summed E-state index contributed by atoms with van der Waals surface area (Å²) in [5.41, 5.74) is 2.60. The molecule has 0 saturated carbocycles. The van der Waals surface area contributed by atoms with Crippen molar-refractivity contribution in [2.45, 2.75) is 26.4 Å². The number of rotatable bonds is 7. The summed E-state index contributed by atoms with van der Waals surface area (Å²) >= 11 is 0. The lowest BCUT2D eigenvalue weighted by molar-refractivity contribution is 0.237. The van der Waals surface area contributed by atoms with Gasteiger partial charge in [-0.3, -0.25) is 4.90 Å². The molecule has 7 nitrogen and oxygen atoms in total. The van der Waals surface area contributed by atoms with Crippen molar-refractivity contribution in [2.75, 3.05) is 21.3 Å². The first-order valence-corrected chi connectivity index (χ1v) is 8.32. The second-order valence-corrected chi connectivity index (χ2v) is 6.11. The molecule has 2 heterocycles. The summed E-state index contributed by atoms with van der Waals surface area (Å²) in [6.07, 6.45) is 1.58. The summed E-state index contributed by atoms with van der Waals surface area (Å²) in [7, 11) is 5.23. The summed E-state index contributed by atoms with van der Waals surface area (Å²) in [5.74, 6) is 2.65. The van der Waals surface area contributed by atoms with Crippen LogP contribution in [0.3, 0.4) is 0 Å². The van der Waals surface area contributed by atoms with Gasteiger partial charge in [0, 0.05) is 18.2 Å². The van der Waals surface area contributed by atoms with Gasteiger partial charge in [-0.05, 0) is 39.1 Å². The van der Waals surface area contributed by atoms with Crippen molar-refractivity contribution < 1.29 is 18.4 Å². The van der Waals surface area contributed by atoms with Crippen LogP contribution in [-0.4, -0.2) is 36.3 Å². The molecule has 138 valence electrons. The molecular weight excluding hydrogens is 334 g/mol. The smallest absolute Gasteiger partial charge is 0.226 e. The molecule has 3 aromatic rings. The van der Waals surface area contributed by atoms with E-state index in [1.165, 1.54) is 0 Å². The molecule has 2 aromatic heterocycles. The zero-order valence-corrected chi connectivity index (χ0v) is 15.6. The minimum absolute atomic E-state index is 0.106. The average Bonchev–Trinajstić information content (AvgIpc) is 3.31. The standard InChI is InChI=1S/C19H23N3O4/c1-12(15-8-9-25-21-15)22(3)11-16-13(2)26-19(20-16)14-6-7-17(23-4)18(10-14)24-5/h6-10,12H,11H2,1-5H3. The fourth-order valence-electron chi connectivity index (χ4n) is 2.70. The Balaban J connectivity index is 1.81. The molecule has 0 bridgehead atoms. The summed E-state index contributed by atoms with van der Waals surface area (Å²) in [4.78, 5) is 6.81.